The van der Waals surface area contributed by atoms with Gasteiger partial charge in [0.05, 0.1) is 5.69 Å². The highest BCUT2D eigenvalue weighted by atomic mass is 35.5. The Morgan fingerprint density at radius 2 is 1.79 bits per heavy atom. The van der Waals surface area contributed by atoms with Gasteiger partial charge in [0.1, 0.15) is 17.9 Å². The van der Waals surface area contributed by atoms with Gasteiger partial charge in [0.25, 0.3) is 0 Å². The smallest absolute Gasteiger partial charge is 0.311 e. The topological polar surface area (TPSA) is 55.3 Å². The van der Waals surface area contributed by atoms with Gasteiger partial charge in [-0.2, -0.15) is 0 Å². The molecule has 3 rings (SSSR count). The Hall–Kier alpha value is -2.92. The zero-order valence-corrected chi connectivity index (χ0v) is 20.7. The predicted molar refractivity (Wildman–Crippen MR) is 135 cm³/mol. The Labute approximate surface area is 201 Å². The van der Waals surface area contributed by atoms with Crippen LogP contribution < -0.4 is 9.64 Å². The number of unbranched alkanes of at least 4 members (excludes halogenated alkanes) is 1. The van der Waals surface area contributed by atoms with E-state index in [1.54, 1.807) is 6.33 Å². The van der Waals surface area contributed by atoms with Crippen molar-refractivity contribution in [2.45, 2.75) is 59.9 Å². The minimum absolute atomic E-state index is 0.190. The van der Waals surface area contributed by atoms with Gasteiger partial charge in [0.15, 0.2) is 0 Å². The van der Waals surface area contributed by atoms with Gasteiger partial charge < -0.3 is 9.64 Å². The molecule has 0 spiro atoms. The average Bonchev–Trinajstić information content (AvgIpc) is 2.79. The summed E-state index contributed by atoms with van der Waals surface area (Å²) in [6.07, 6.45) is 4.99. The van der Waals surface area contributed by atoms with Crippen LogP contribution in [0.5, 0.6) is 5.75 Å². The molecule has 0 N–H and O–H groups in total. The molecule has 0 aliphatic rings. The lowest BCUT2D eigenvalue weighted by atomic mass is 10.1. The van der Waals surface area contributed by atoms with Crippen molar-refractivity contribution < 1.29 is 9.53 Å². The predicted octanol–water partition coefficient (Wildman–Crippen LogP) is 6.93. The Kier molecular flexibility index (Phi) is 8.84. The molecule has 0 radical (unpaired) electrons. The summed E-state index contributed by atoms with van der Waals surface area (Å²) in [5.74, 6) is 1.37. The van der Waals surface area contributed by atoms with Crippen LogP contribution in [0.15, 0.2) is 48.8 Å². The molecule has 0 saturated carbocycles. The fraction of sp³-hybridized carbons (Fsp3) is 0.370. The van der Waals surface area contributed by atoms with Crippen molar-refractivity contribution >= 4 is 23.4 Å². The van der Waals surface area contributed by atoms with E-state index >= 15 is 0 Å². The van der Waals surface area contributed by atoms with Crippen molar-refractivity contribution in [3.8, 4) is 17.0 Å². The minimum Gasteiger partial charge on any atom is -0.426 e. The van der Waals surface area contributed by atoms with Crippen LogP contribution in [-0.2, 0) is 11.3 Å². The summed E-state index contributed by atoms with van der Waals surface area (Å²) in [7, 11) is 0. The van der Waals surface area contributed by atoms with Crippen LogP contribution in [0, 0.1) is 13.8 Å². The number of esters is 1. The molecule has 6 heteroatoms. The first-order valence-corrected chi connectivity index (χ1v) is 11.9. The zero-order chi connectivity index (χ0) is 23.8. The SMILES string of the molecule is CCCCN(Cc1ccc(OC(=O)CCC)c(C)c1)c1ncnc(-c2ccc(Cl)cc2)c1C. The molecule has 1 heterocycles. The summed E-state index contributed by atoms with van der Waals surface area (Å²) in [5, 5.41) is 0.703. The molecule has 0 saturated heterocycles. The number of hydrogen-bond acceptors (Lipinski definition) is 5. The number of carbonyl (C=O) groups excluding carboxylic acids is 1. The molecule has 2 aromatic carbocycles. The third-order valence-electron chi connectivity index (χ3n) is 5.55. The van der Waals surface area contributed by atoms with E-state index in [-0.39, 0.29) is 5.97 Å². The van der Waals surface area contributed by atoms with E-state index in [1.165, 1.54) is 0 Å². The van der Waals surface area contributed by atoms with E-state index in [4.69, 9.17) is 16.3 Å². The molecule has 3 aromatic rings. The lowest BCUT2D eigenvalue weighted by Gasteiger charge is -2.26. The normalized spacial score (nSPS) is 10.8. The molecular formula is C27H32ClN3O2. The molecule has 5 nitrogen and oxygen atoms in total. The molecule has 33 heavy (non-hydrogen) atoms. The first kappa shape index (κ1) is 24.7. The van der Waals surface area contributed by atoms with Crippen LogP contribution in [0.1, 0.15) is 56.2 Å². The Morgan fingerprint density at radius 3 is 2.45 bits per heavy atom. The number of aromatic nitrogens is 2. The molecule has 0 aliphatic heterocycles. The first-order valence-electron chi connectivity index (χ1n) is 11.6. The Bertz CT molecular complexity index is 1080. The van der Waals surface area contributed by atoms with Gasteiger partial charge in [-0.3, -0.25) is 4.79 Å². The molecule has 0 amide bonds. The van der Waals surface area contributed by atoms with Gasteiger partial charge in [-0.15, -0.1) is 0 Å². The van der Waals surface area contributed by atoms with Gasteiger partial charge in [-0.05, 0) is 56.0 Å². The molecule has 1 aromatic heterocycles. The molecule has 0 aliphatic carbocycles. The highest BCUT2D eigenvalue weighted by molar-refractivity contribution is 6.30. The van der Waals surface area contributed by atoms with Crippen molar-refractivity contribution in [3.63, 3.8) is 0 Å². The quantitative estimate of drug-likeness (QED) is 0.240. The summed E-state index contributed by atoms with van der Waals surface area (Å²) >= 11 is 6.07. The zero-order valence-electron chi connectivity index (χ0n) is 19.9. The summed E-state index contributed by atoms with van der Waals surface area (Å²) in [6, 6.07) is 13.7. The number of carbonyl (C=O) groups is 1. The number of benzene rings is 2. The van der Waals surface area contributed by atoms with Crippen molar-refractivity contribution in [2.75, 3.05) is 11.4 Å². The van der Waals surface area contributed by atoms with E-state index in [0.29, 0.717) is 23.7 Å². The molecule has 0 fully saturated rings. The van der Waals surface area contributed by atoms with Gasteiger partial charge in [-0.25, -0.2) is 9.97 Å². The van der Waals surface area contributed by atoms with Crippen LogP contribution >= 0.6 is 11.6 Å². The maximum absolute atomic E-state index is 11.9. The molecule has 174 valence electrons. The van der Waals surface area contributed by atoms with E-state index in [0.717, 1.165) is 59.6 Å². The maximum atomic E-state index is 11.9. The van der Waals surface area contributed by atoms with Gasteiger partial charge in [0.2, 0.25) is 0 Å². The molecule has 0 bridgehead atoms. The number of halogens is 1. The second-order valence-electron chi connectivity index (χ2n) is 8.28. The van der Waals surface area contributed by atoms with Crippen molar-refractivity contribution in [2.24, 2.45) is 0 Å². The third-order valence-corrected chi connectivity index (χ3v) is 5.80. The molecular weight excluding hydrogens is 434 g/mol. The summed E-state index contributed by atoms with van der Waals surface area (Å²) in [6.45, 7) is 9.80. The van der Waals surface area contributed by atoms with Crippen molar-refractivity contribution in [1.82, 2.24) is 9.97 Å². The van der Waals surface area contributed by atoms with Gasteiger partial charge in [-0.1, -0.05) is 56.1 Å². The highest BCUT2D eigenvalue weighted by Gasteiger charge is 2.16. The first-order chi connectivity index (χ1) is 15.9. The number of aryl methyl sites for hydroxylation is 1. The highest BCUT2D eigenvalue weighted by Crippen LogP contribution is 2.29. The van der Waals surface area contributed by atoms with Crippen LogP contribution in [0.25, 0.3) is 11.3 Å². The molecule has 0 atom stereocenters. The summed E-state index contributed by atoms with van der Waals surface area (Å²) in [5.41, 5.74) is 5.06. The fourth-order valence-corrected chi connectivity index (χ4v) is 3.92. The lowest BCUT2D eigenvalue weighted by molar-refractivity contribution is -0.134. The second kappa shape index (κ2) is 11.8. The third kappa shape index (κ3) is 6.55. The minimum atomic E-state index is -0.190. The number of nitrogens with zero attached hydrogens (tertiary/aromatic N) is 3. The average molecular weight is 466 g/mol. The molecule has 0 unspecified atom stereocenters. The monoisotopic (exact) mass is 465 g/mol. The number of ether oxygens (including phenoxy) is 1. The number of anilines is 1. The maximum Gasteiger partial charge on any atom is 0.311 e. The van der Waals surface area contributed by atoms with Crippen molar-refractivity contribution in [3.05, 3.63) is 70.5 Å². The largest absolute Gasteiger partial charge is 0.426 e. The lowest BCUT2D eigenvalue weighted by Crippen LogP contribution is -2.26. The summed E-state index contributed by atoms with van der Waals surface area (Å²) in [4.78, 5) is 23.4. The van der Waals surface area contributed by atoms with Crippen LogP contribution in [0.4, 0.5) is 5.82 Å². The van der Waals surface area contributed by atoms with Gasteiger partial charge in [0, 0.05) is 35.7 Å². The fourth-order valence-electron chi connectivity index (χ4n) is 3.79. The van der Waals surface area contributed by atoms with Crippen LogP contribution in [0.3, 0.4) is 0 Å². The van der Waals surface area contributed by atoms with Crippen molar-refractivity contribution in [1.29, 1.82) is 0 Å². The summed E-state index contributed by atoms with van der Waals surface area (Å²) < 4.78 is 5.50. The van der Waals surface area contributed by atoms with E-state index in [2.05, 4.69) is 34.8 Å². The van der Waals surface area contributed by atoms with Crippen LogP contribution in [-0.4, -0.2) is 22.5 Å². The van der Waals surface area contributed by atoms with Gasteiger partial charge >= 0.3 is 5.97 Å². The van der Waals surface area contributed by atoms with Crippen LogP contribution in [0.2, 0.25) is 5.02 Å². The standard InChI is InChI=1S/C27H32ClN3O2/c1-5-7-15-31(17-21-9-14-24(19(3)16-21)33-25(32)8-6-2)27-20(4)26(29-18-30-27)22-10-12-23(28)13-11-22/h9-14,16,18H,5-8,15,17H2,1-4H3. The number of hydrogen-bond donors (Lipinski definition) is 0. The second-order valence-corrected chi connectivity index (χ2v) is 8.71. The Balaban J connectivity index is 1.87. The Morgan fingerprint density at radius 1 is 1.03 bits per heavy atom. The van der Waals surface area contributed by atoms with E-state index < -0.39 is 0 Å². The van der Waals surface area contributed by atoms with E-state index in [9.17, 15) is 4.79 Å². The van der Waals surface area contributed by atoms with E-state index in [1.807, 2.05) is 50.2 Å². The number of rotatable bonds is 10.